The van der Waals surface area contributed by atoms with Crippen LogP contribution in [0.1, 0.15) is 46.9 Å². The summed E-state index contributed by atoms with van der Waals surface area (Å²) in [5.74, 6) is 2.93. The number of carbonyl (C=O) groups is 1. The summed E-state index contributed by atoms with van der Waals surface area (Å²) in [5.41, 5.74) is 3.36. The SMILES string of the molecule is Cc1ccc(CN(CC(C)C)c2cc3c(cc2OCc2ccc(C(=O)O)cc2)OCC3)o1. The Morgan fingerprint density at radius 3 is 2.59 bits per heavy atom. The highest BCUT2D eigenvalue weighted by molar-refractivity contribution is 5.87. The van der Waals surface area contributed by atoms with Gasteiger partial charge in [-0.3, -0.25) is 0 Å². The molecule has 1 aliphatic heterocycles. The normalized spacial score (nSPS) is 12.5. The zero-order valence-electron chi connectivity index (χ0n) is 18.8. The predicted molar refractivity (Wildman–Crippen MR) is 123 cm³/mol. The predicted octanol–water partition coefficient (Wildman–Crippen LogP) is 5.46. The third-order valence-electron chi connectivity index (χ3n) is 5.44. The van der Waals surface area contributed by atoms with E-state index in [1.807, 2.05) is 25.1 Å². The molecule has 1 aliphatic rings. The molecule has 1 N–H and O–H groups in total. The molecule has 2 heterocycles. The lowest BCUT2D eigenvalue weighted by atomic mass is 10.1. The van der Waals surface area contributed by atoms with E-state index in [-0.39, 0.29) is 5.56 Å². The molecule has 32 heavy (non-hydrogen) atoms. The van der Waals surface area contributed by atoms with Crippen LogP contribution in [0.2, 0.25) is 0 Å². The van der Waals surface area contributed by atoms with Crippen molar-refractivity contribution in [1.29, 1.82) is 0 Å². The summed E-state index contributed by atoms with van der Waals surface area (Å²) in [6.07, 6.45) is 0.884. The Morgan fingerprint density at radius 2 is 1.94 bits per heavy atom. The second-order valence-corrected chi connectivity index (χ2v) is 8.60. The number of rotatable bonds is 9. The van der Waals surface area contributed by atoms with Crippen molar-refractivity contribution in [1.82, 2.24) is 0 Å². The van der Waals surface area contributed by atoms with Gasteiger partial charge in [0.2, 0.25) is 0 Å². The summed E-state index contributed by atoms with van der Waals surface area (Å²) >= 11 is 0. The number of fused-ring (bicyclic) bond motifs is 1. The van der Waals surface area contributed by atoms with Crippen molar-refractivity contribution in [2.45, 2.75) is 40.3 Å². The van der Waals surface area contributed by atoms with Crippen molar-refractivity contribution in [2.75, 3.05) is 18.1 Å². The quantitative estimate of drug-likeness (QED) is 0.481. The summed E-state index contributed by atoms with van der Waals surface area (Å²) in [4.78, 5) is 13.4. The second-order valence-electron chi connectivity index (χ2n) is 8.60. The second kappa shape index (κ2) is 9.39. The number of aryl methyl sites for hydroxylation is 1. The number of aromatic carboxylic acids is 1. The van der Waals surface area contributed by atoms with E-state index in [0.29, 0.717) is 25.7 Å². The Bertz CT molecular complexity index is 1080. The Morgan fingerprint density at radius 1 is 1.16 bits per heavy atom. The van der Waals surface area contributed by atoms with Crippen LogP contribution in [-0.4, -0.2) is 24.2 Å². The first-order valence-corrected chi connectivity index (χ1v) is 10.9. The minimum Gasteiger partial charge on any atom is -0.493 e. The Hall–Kier alpha value is -3.41. The van der Waals surface area contributed by atoms with E-state index in [9.17, 15) is 4.79 Å². The van der Waals surface area contributed by atoms with Crippen LogP contribution in [0.25, 0.3) is 0 Å². The minimum absolute atomic E-state index is 0.261. The molecule has 3 aromatic rings. The van der Waals surface area contributed by atoms with E-state index >= 15 is 0 Å². The zero-order chi connectivity index (χ0) is 22.7. The van der Waals surface area contributed by atoms with Gasteiger partial charge in [0.25, 0.3) is 0 Å². The summed E-state index contributed by atoms with van der Waals surface area (Å²) < 4.78 is 17.9. The van der Waals surface area contributed by atoms with Crippen molar-refractivity contribution in [2.24, 2.45) is 5.92 Å². The van der Waals surface area contributed by atoms with Gasteiger partial charge in [0.05, 0.1) is 24.4 Å². The fourth-order valence-electron chi connectivity index (χ4n) is 3.91. The summed E-state index contributed by atoms with van der Waals surface area (Å²) in [5, 5.41) is 9.11. The molecule has 0 atom stereocenters. The van der Waals surface area contributed by atoms with E-state index < -0.39 is 5.97 Å². The zero-order valence-corrected chi connectivity index (χ0v) is 18.8. The van der Waals surface area contributed by atoms with Gasteiger partial charge in [0.1, 0.15) is 29.6 Å². The van der Waals surface area contributed by atoms with Gasteiger partial charge in [0.15, 0.2) is 0 Å². The van der Waals surface area contributed by atoms with Crippen LogP contribution in [0.3, 0.4) is 0 Å². The largest absolute Gasteiger partial charge is 0.493 e. The molecule has 0 radical (unpaired) electrons. The molecule has 2 aromatic carbocycles. The van der Waals surface area contributed by atoms with E-state index in [0.717, 1.165) is 47.2 Å². The fourth-order valence-corrected chi connectivity index (χ4v) is 3.91. The van der Waals surface area contributed by atoms with Crippen LogP contribution >= 0.6 is 0 Å². The number of carboxylic acids is 1. The van der Waals surface area contributed by atoms with Crippen molar-refractivity contribution in [3.63, 3.8) is 0 Å². The van der Waals surface area contributed by atoms with Gasteiger partial charge in [-0.15, -0.1) is 0 Å². The Labute approximate surface area is 188 Å². The highest BCUT2D eigenvalue weighted by Gasteiger charge is 2.22. The van der Waals surface area contributed by atoms with Gasteiger partial charge >= 0.3 is 5.97 Å². The van der Waals surface area contributed by atoms with E-state index in [2.05, 4.69) is 24.8 Å². The van der Waals surface area contributed by atoms with E-state index in [4.69, 9.17) is 19.0 Å². The highest BCUT2D eigenvalue weighted by atomic mass is 16.5. The first kappa shape index (κ1) is 21.8. The van der Waals surface area contributed by atoms with Crippen molar-refractivity contribution >= 4 is 11.7 Å². The summed E-state index contributed by atoms with van der Waals surface area (Å²) in [6.45, 7) is 8.85. The van der Waals surface area contributed by atoms with Gasteiger partial charge in [-0.1, -0.05) is 26.0 Å². The Balaban J connectivity index is 1.62. The number of anilines is 1. The molecule has 0 unspecified atom stereocenters. The van der Waals surface area contributed by atoms with Gasteiger partial charge in [-0.05, 0) is 54.3 Å². The van der Waals surface area contributed by atoms with Crippen molar-refractivity contribution in [3.05, 3.63) is 76.7 Å². The first-order chi connectivity index (χ1) is 15.4. The standard InChI is InChI=1S/C26H29NO5/c1-17(2)14-27(15-22-9-4-18(3)32-22)23-12-21-10-11-30-24(21)13-25(23)31-16-19-5-7-20(8-6-19)26(28)29/h4-9,12-13,17H,10-11,14-16H2,1-3H3,(H,28,29). The van der Waals surface area contributed by atoms with Gasteiger partial charge in [-0.2, -0.15) is 0 Å². The van der Waals surface area contributed by atoms with Crippen LogP contribution in [0.15, 0.2) is 52.9 Å². The minimum atomic E-state index is -0.937. The molecule has 0 saturated heterocycles. The summed E-state index contributed by atoms with van der Waals surface area (Å²) in [7, 11) is 0. The Kier molecular flexibility index (Phi) is 6.40. The lowest BCUT2D eigenvalue weighted by Crippen LogP contribution is -2.27. The molecule has 0 aliphatic carbocycles. The fraction of sp³-hybridized carbons (Fsp3) is 0.346. The van der Waals surface area contributed by atoms with E-state index in [1.54, 1.807) is 24.3 Å². The van der Waals surface area contributed by atoms with Crippen LogP contribution in [0, 0.1) is 12.8 Å². The molecule has 6 heteroatoms. The molecule has 0 saturated carbocycles. The van der Waals surface area contributed by atoms with Crippen LogP contribution in [0.5, 0.6) is 11.5 Å². The number of hydrogen-bond donors (Lipinski definition) is 1. The number of carboxylic acid groups (broad SMARTS) is 1. The monoisotopic (exact) mass is 435 g/mol. The van der Waals surface area contributed by atoms with Crippen LogP contribution in [-0.2, 0) is 19.6 Å². The number of nitrogens with zero attached hydrogens (tertiary/aromatic N) is 1. The van der Waals surface area contributed by atoms with E-state index in [1.165, 1.54) is 5.56 Å². The van der Waals surface area contributed by atoms with Crippen molar-refractivity contribution in [3.8, 4) is 11.5 Å². The van der Waals surface area contributed by atoms with Crippen LogP contribution in [0.4, 0.5) is 5.69 Å². The van der Waals surface area contributed by atoms with Gasteiger partial charge in [-0.25, -0.2) is 4.79 Å². The molecule has 1 aromatic heterocycles. The number of furan rings is 1. The molecular formula is C26H29NO5. The maximum atomic E-state index is 11.1. The molecule has 4 rings (SSSR count). The average Bonchev–Trinajstić information content (AvgIpc) is 3.39. The first-order valence-electron chi connectivity index (χ1n) is 10.9. The number of benzene rings is 2. The lowest BCUT2D eigenvalue weighted by Gasteiger charge is -2.28. The molecule has 0 spiro atoms. The molecule has 0 bridgehead atoms. The van der Waals surface area contributed by atoms with Crippen LogP contribution < -0.4 is 14.4 Å². The molecular weight excluding hydrogens is 406 g/mol. The maximum absolute atomic E-state index is 11.1. The maximum Gasteiger partial charge on any atom is 0.335 e. The summed E-state index contributed by atoms with van der Waals surface area (Å²) in [6, 6.07) is 14.9. The molecule has 6 nitrogen and oxygen atoms in total. The molecule has 0 fully saturated rings. The topological polar surface area (TPSA) is 72.1 Å². The molecule has 168 valence electrons. The van der Waals surface area contributed by atoms with Crippen molar-refractivity contribution < 1.29 is 23.8 Å². The number of ether oxygens (including phenoxy) is 2. The van der Waals surface area contributed by atoms with Gasteiger partial charge < -0.3 is 23.9 Å². The lowest BCUT2D eigenvalue weighted by molar-refractivity contribution is 0.0697. The molecule has 0 amide bonds. The third-order valence-corrected chi connectivity index (χ3v) is 5.44. The highest BCUT2D eigenvalue weighted by Crippen LogP contribution is 2.39. The third kappa shape index (κ3) is 5.07. The average molecular weight is 436 g/mol. The van der Waals surface area contributed by atoms with Gasteiger partial charge in [0, 0.05) is 19.0 Å². The smallest absolute Gasteiger partial charge is 0.335 e. The number of hydrogen-bond acceptors (Lipinski definition) is 5.